The zero-order valence-corrected chi connectivity index (χ0v) is 20.2. The highest BCUT2D eigenvalue weighted by molar-refractivity contribution is 7.89. The molecule has 2 aromatic carbocycles. The lowest BCUT2D eigenvalue weighted by Crippen LogP contribution is -2.30. The summed E-state index contributed by atoms with van der Waals surface area (Å²) in [6, 6.07) is 11.5. The second kappa shape index (κ2) is 10.9. The number of hydrogen-bond acceptors (Lipinski definition) is 4. The van der Waals surface area contributed by atoms with E-state index in [2.05, 4.69) is 10.3 Å². The number of amides is 1. The molecule has 0 aliphatic heterocycles. The van der Waals surface area contributed by atoms with Crippen LogP contribution in [0, 0.1) is 5.82 Å². The van der Waals surface area contributed by atoms with Gasteiger partial charge < -0.3 is 9.88 Å². The number of hydrogen-bond donors (Lipinski definition) is 1. The number of rotatable bonds is 11. The summed E-state index contributed by atoms with van der Waals surface area (Å²) in [6.07, 6.45) is 1.09. The van der Waals surface area contributed by atoms with Crippen molar-refractivity contribution in [2.45, 2.75) is 51.5 Å². The highest BCUT2D eigenvalue weighted by Gasteiger charge is 2.23. The number of benzene rings is 2. The van der Waals surface area contributed by atoms with Gasteiger partial charge in [0, 0.05) is 39.0 Å². The van der Waals surface area contributed by atoms with E-state index in [-0.39, 0.29) is 23.0 Å². The molecule has 0 saturated carbocycles. The molecule has 1 aromatic heterocycles. The largest absolute Gasteiger partial charge is 0.356 e. The molecular formula is C24H31FN4O3S. The summed E-state index contributed by atoms with van der Waals surface area (Å²) >= 11 is 0. The quantitative estimate of drug-likeness (QED) is 0.461. The molecule has 3 rings (SSSR count). The summed E-state index contributed by atoms with van der Waals surface area (Å²) < 4.78 is 42.8. The van der Waals surface area contributed by atoms with Crippen LogP contribution in [0.25, 0.3) is 11.0 Å². The van der Waals surface area contributed by atoms with Crippen LogP contribution >= 0.6 is 0 Å². The third-order valence-electron chi connectivity index (χ3n) is 5.71. The molecule has 0 unspecified atom stereocenters. The number of carbonyl (C=O) groups excluding carboxylic acids is 1. The number of nitrogens with zero attached hydrogens (tertiary/aromatic N) is 3. The Morgan fingerprint density at radius 3 is 2.48 bits per heavy atom. The van der Waals surface area contributed by atoms with Gasteiger partial charge in [-0.2, -0.15) is 4.31 Å². The zero-order valence-electron chi connectivity index (χ0n) is 19.3. The molecular weight excluding hydrogens is 443 g/mol. The summed E-state index contributed by atoms with van der Waals surface area (Å²) in [5.41, 5.74) is 2.01. The molecule has 1 heterocycles. The van der Waals surface area contributed by atoms with E-state index in [1.54, 1.807) is 36.4 Å². The van der Waals surface area contributed by atoms with Crippen molar-refractivity contribution in [3.8, 4) is 0 Å². The van der Waals surface area contributed by atoms with Gasteiger partial charge in [-0.25, -0.2) is 17.8 Å². The lowest BCUT2D eigenvalue weighted by atomic mass is 10.1. The highest BCUT2D eigenvalue weighted by Crippen LogP contribution is 2.23. The van der Waals surface area contributed by atoms with Crippen molar-refractivity contribution in [1.29, 1.82) is 0 Å². The summed E-state index contributed by atoms with van der Waals surface area (Å²) in [5, 5.41) is 2.83. The first-order valence-electron chi connectivity index (χ1n) is 11.3. The Hall–Kier alpha value is -2.78. The molecule has 0 aliphatic carbocycles. The Morgan fingerprint density at radius 1 is 1.09 bits per heavy atom. The third-order valence-corrected chi connectivity index (χ3v) is 7.75. The van der Waals surface area contributed by atoms with Gasteiger partial charge >= 0.3 is 0 Å². The zero-order chi connectivity index (χ0) is 24.0. The minimum Gasteiger partial charge on any atom is -0.356 e. The van der Waals surface area contributed by atoms with Crippen molar-refractivity contribution in [2.24, 2.45) is 0 Å². The summed E-state index contributed by atoms with van der Waals surface area (Å²) in [5.74, 6) is 0.325. The van der Waals surface area contributed by atoms with Crippen molar-refractivity contribution in [1.82, 2.24) is 19.2 Å². The van der Waals surface area contributed by atoms with Gasteiger partial charge in [0.25, 0.3) is 0 Å². The molecule has 178 valence electrons. The predicted molar refractivity (Wildman–Crippen MR) is 127 cm³/mol. The van der Waals surface area contributed by atoms with E-state index in [1.807, 2.05) is 25.3 Å². The first-order valence-corrected chi connectivity index (χ1v) is 12.7. The number of halogens is 1. The second-order valence-electron chi connectivity index (χ2n) is 7.70. The number of aromatic nitrogens is 2. The normalized spacial score (nSPS) is 11.9. The van der Waals surface area contributed by atoms with Crippen LogP contribution in [-0.2, 0) is 34.2 Å². The SMILES string of the molecule is CCN(CC)S(=O)(=O)c1ccc2c(c1)nc(CCC(=O)NCCc1ccccc1F)n2CC. The maximum absolute atomic E-state index is 13.7. The minimum atomic E-state index is -3.57. The smallest absolute Gasteiger partial charge is 0.243 e. The van der Waals surface area contributed by atoms with Crippen molar-refractivity contribution in [2.75, 3.05) is 19.6 Å². The van der Waals surface area contributed by atoms with Crippen LogP contribution in [0.2, 0.25) is 0 Å². The number of nitrogens with one attached hydrogen (secondary N) is 1. The van der Waals surface area contributed by atoms with Gasteiger partial charge in [-0.3, -0.25) is 4.79 Å². The van der Waals surface area contributed by atoms with E-state index in [1.165, 1.54) is 10.4 Å². The van der Waals surface area contributed by atoms with Crippen LogP contribution in [0.1, 0.15) is 38.6 Å². The van der Waals surface area contributed by atoms with Crippen LogP contribution in [0.5, 0.6) is 0 Å². The van der Waals surface area contributed by atoms with Gasteiger partial charge in [-0.15, -0.1) is 0 Å². The van der Waals surface area contributed by atoms with E-state index in [0.717, 1.165) is 11.3 Å². The van der Waals surface area contributed by atoms with Crippen LogP contribution in [0.3, 0.4) is 0 Å². The number of carbonyl (C=O) groups is 1. The van der Waals surface area contributed by atoms with E-state index < -0.39 is 10.0 Å². The standard InChI is InChI=1S/C24H31FN4O3S/c1-4-28(5-2)33(31,32)19-11-12-22-21(17-19)27-23(29(22)6-3)13-14-24(30)26-16-15-18-9-7-8-10-20(18)25/h7-12,17H,4-6,13-16H2,1-3H3,(H,26,30). The van der Waals surface area contributed by atoms with Crippen LogP contribution in [-0.4, -0.2) is 47.8 Å². The number of imidazole rings is 1. The molecule has 1 N–H and O–H groups in total. The fraction of sp³-hybridized carbons (Fsp3) is 0.417. The van der Waals surface area contributed by atoms with Gasteiger partial charge in [-0.1, -0.05) is 32.0 Å². The van der Waals surface area contributed by atoms with Crippen LogP contribution < -0.4 is 5.32 Å². The van der Waals surface area contributed by atoms with Crippen molar-refractivity contribution < 1.29 is 17.6 Å². The molecule has 3 aromatic rings. The van der Waals surface area contributed by atoms with Crippen LogP contribution in [0.15, 0.2) is 47.4 Å². The monoisotopic (exact) mass is 474 g/mol. The molecule has 9 heteroatoms. The predicted octanol–water partition coefficient (Wildman–Crippen LogP) is 3.52. The lowest BCUT2D eigenvalue weighted by Gasteiger charge is -2.18. The minimum absolute atomic E-state index is 0.133. The Morgan fingerprint density at radius 2 is 1.82 bits per heavy atom. The Kier molecular flexibility index (Phi) is 8.20. The fourth-order valence-electron chi connectivity index (χ4n) is 3.93. The lowest BCUT2D eigenvalue weighted by molar-refractivity contribution is -0.121. The summed E-state index contributed by atoms with van der Waals surface area (Å²) in [6.45, 7) is 7.42. The van der Waals surface area contributed by atoms with Crippen molar-refractivity contribution in [3.05, 3.63) is 59.7 Å². The van der Waals surface area contributed by atoms with Gasteiger partial charge in [0.05, 0.1) is 15.9 Å². The van der Waals surface area contributed by atoms with Crippen molar-refractivity contribution in [3.63, 3.8) is 0 Å². The van der Waals surface area contributed by atoms with Crippen LogP contribution in [0.4, 0.5) is 4.39 Å². The molecule has 0 fully saturated rings. The average molecular weight is 475 g/mol. The third kappa shape index (κ3) is 5.59. The topological polar surface area (TPSA) is 84.3 Å². The summed E-state index contributed by atoms with van der Waals surface area (Å²) in [4.78, 5) is 17.2. The van der Waals surface area contributed by atoms with E-state index >= 15 is 0 Å². The van der Waals surface area contributed by atoms with Gasteiger partial charge in [0.15, 0.2) is 0 Å². The van der Waals surface area contributed by atoms with Gasteiger partial charge in [0.1, 0.15) is 11.6 Å². The molecule has 1 amide bonds. The number of aryl methyl sites for hydroxylation is 2. The van der Waals surface area contributed by atoms with E-state index in [0.29, 0.717) is 50.1 Å². The van der Waals surface area contributed by atoms with Gasteiger partial charge in [-0.05, 0) is 43.2 Å². The number of fused-ring (bicyclic) bond motifs is 1. The van der Waals surface area contributed by atoms with E-state index in [9.17, 15) is 17.6 Å². The molecule has 0 aliphatic rings. The Bertz CT molecular complexity index is 1220. The molecule has 0 atom stereocenters. The maximum atomic E-state index is 13.7. The molecule has 33 heavy (non-hydrogen) atoms. The number of sulfonamides is 1. The molecule has 0 spiro atoms. The highest BCUT2D eigenvalue weighted by atomic mass is 32.2. The fourth-order valence-corrected chi connectivity index (χ4v) is 5.41. The Labute approximate surface area is 194 Å². The van der Waals surface area contributed by atoms with E-state index in [4.69, 9.17) is 0 Å². The first kappa shape index (κ1) is 24.9. The first-order chi connectivity index (χ1) is 15.8. The molecule has 0 saturated heterocycles. The molecule has 0 bridgehead atoms. The second-order valence-corrected chi connectivity index (χ2v) is 9.64. The molecule has 0 radical (unpaired) electrons. The molecule has 7 nitrogen and oxygen atoms in total. The van der Waals surface area contributed by atoms with Crippen molar-refractivity contribution >= 4 is 27.0 Å². The summed E-state index contributed by atoms with van der Waals surface area (Å²) in [7, 11) is -3.57. The maximum Gasteiger partial charge on any atom is 0.243 e. The average Bonchev–Trinajstić information content (AvgIpc) is 3.16. The van der Waals surface area contributed by atoms with Gasteiger partial charge in [0.2, 0.25) is 15.9 Å². The Balaban J connectivity index is 1.69.